The van der Waals surface area contributed by atoms with E-state index in [1.165, 1.54) is 21.0 Å². The summed E-state index contributed by atoms with van der Waals surface area (Å²) in [5.41, 5.74) is 0.281. The van der Waals surface area contributed by atoms with Crippen molar-refractivity contribution in [3.8, 4) is 27.7 Å². The van der Waals surface area contributed by atoms with E-state index in [9.17, 15) is 24.3 Å². The Morgan fingerprint density at radius 1 is 1.12 bits per heavy atom. The van der Waals surface area contributed by atoms with Crippen LogP contribution in [0.5, 0.6) is 5.75 Å². The molecular weight excluding hydrogens is 685 g/mol. The van der Waals surface area contributed by atoms with Gasteiger partial charge in [-0.25, -0.2) is 14.6 Å². The van der Waals surface area contributed by atoms with Gasteiger partial charge in [0.05, 0.1) is 13.2 Å². The Balaban J connectivity index is 1.34. The number of benzene rings is 1. The van der Waals surface area contributed by atoms with Crippen LogP contribution in [0, 0.1) is 11.3 Å². The number of thiazole rings is 1. The van der Waals surface area contributed by atoms with E-state index in [4.69, 9.17) is 14.9 Å². The summed E-state index contributed by atoms with van der Waals surface area (Å²) in [6, 6.07) is 4.33. The summed E-state index contributed by atoms with van der Waals surface area (Å²) in [4.78, 5) is 62.0. The molecule has 52 heavy (non-hydrogen) atoms. The lowest BCUT2D eigenvalue weighted by Crippen LogP contribution is -2.58. The molecule has 1 saturated heterocycles. The first-order valence-corrected chi connectivity index (χ1v) is 18.8. The Morgan fingerprint density at radius 3 is 2.54 bits per heavy atom. The van der Waals surface area contributed by atoms with Crippen molar-refractivity contribution in [2.45, 2.75) is 102 Å². The predicted molar refractivity (Wildman–Crippen MR) is 195 cm³/mol. The zero-order chi connectivity index (χ0) is 37.2. The monoisotopic (exact) mass is 732 g/mol. The standard InChI is InChI=1S/C37H48N8O6S/c1-22(36(2,3)4)39-35(50)40-27-12-10-8-6-7-9-11-24-20-37(24,34(48)49)41-31(46)28-19-25(21-44(28)33(27)47)45-42-29(23-13-15-26(51-5)16-14-23)30(43-45)32-38-17-18-52-32/h9,11,13-18,22,24-25,27-28H,6-8,10,12,19-21H2,1-5H3,(H,41,46)(H,48,49)(H2,39,40,50)/b11-9-/t22-,24+,25-,27+,28+,37-/m1/s1. The number of aliphatic carboxylic acids is 1. The number of amides is 4. The SMILES string of the molecule is COc1ccc(-c2nn([C@@H]3C[C@H]4C(=O)N[C@]5(C(=O)O)C[C@@H]5/C=C\CCCCC[C@H](NC(=O)N[C@H](C)C(C)(C)C)C(=O)N4C3)nc2-c2nccs2)cc1. The van der Waals surface area contributed by atoms with Crippen molar-refractivity contribution in [2.24, 2.45) is 11.3 Å². The molecule has 3 aromatic rings. The number of ether oxygens (including phenoxy) is 1. The molecule has 1 aromatic carbocycles. The molecule has 2 aromatic heterocycles. The second-order valence-electron chi connectivity index (χ2n) is 15.1. The van der Waals surface area contributed by atoms with Crippen molar-refractivity contribution in [1.82, 2.24) is 40.8 Å². The minimum Gasteiger partial charge on any atom is -0.497 e. The Hall–Kier alpha value is -4.79. The number of carboxylic acid groups (broad SMARTS) is 1. The highest BCUT2D eigenvalue weighted by atomic mass is 32.1. The molecule has 6 atom stereocenters. The second kappa shape index (κ2) is 15.1. The molecule has 0 bridgehead atoms. The van der Waals surface area contributed by atoms with Crippen molar-refractivity contribution >= 4 is 35.2 Å². The van der Waals surface area contributed by atoms with Crippen LogP contribution >= 0.6 is 11.3 Å². The van der Waals surface area contributed by atoms with Crippen LogP contribution in [-0.2, 0) is 14.4 Å². The molecule has 278 valence electrons. The summed E-state index contributed by atoms with van der Waals surface area (Å²) in [6.45, 7) is 8.05. The normalized spacial score (nSPS) is 26.5. The minimum atomic E-state index is -1.44. The Bertz CT molecular complexity index is 1800. The van der Waals surface area contributed by atoms with Crippen LogP contribution in [0.1, 0.15) is 78.7 Å². The molecule has 14 nitrogen and oxygen atoms in total. The van der Waals surface area contributed by atoms with Gasteiger partial charge in [0.1, 0.15) is 39.8 Å². The van der Waals surface area contributed by atoms with Crippen LogP contribution in [0.2, 0.25) is 0 Å². The number of nitrogens with one attached hydrogen (secondary N) is 3. The van der Waals surface area contributed by atoms with Crippen molar-refractivity contribution in [2.75, 3.05) is 13.7 Å². The fourth-order valence-corrected chi connectivity index (χ4v) is 7.39. The quantitative estimate of drug-likeness (QED) is 0.248. The molecule has 0 unspecified atom stereocenters. The number of methoxy groups -OCH3 is 1. The molecule has 4 amide bonds. The van der Waals surface area contributed by atoms with Crippen LogP contribution in [0.25, 0.3) is 22.0 Å². The van der Waals surface area contributed by atoms with E-state index in [1.54, 1.807) is 13.3 Å². The van der Waals surface area contributed by atoms with Gasteiger partial charge in [0.15, 0.2) is 0 Å². The number of hydrogen-bond acceptors (Lipinski definition) is 9. The van der Waals surface area contributed by atoms with Crippen LogP contribution in [0.15, 0.2) is 48.0 Å². The number of carbonyl (C=O) groups excluding carboxylic acids is 3. The van der Waals surface area contributed by atoms with Crippen molar-refractivity contribution < 1.29 is 29.0 Å². The first-order chi connectivity index (χ1) is 24.8. The third kappa shape index (κ3) is 7.83. The van der Waals surface area contributed by atoms with Gasteiger partial charge < -0.3 is 30.7 Å². The molecule has 4 N–H and O–H groups in total. The average Bonchev–Trinajstić information content (AvgIpc) is 3.56. The number of allylic oxidation sites excluding steroid dienone is 1. The van der Waals surface area contributed by atoms with Gasteiger partial charge in [0.2, 0.25) is 11.8 Å². The van der Waals surface area contributed by atoms with E-state index in [2.05, 4.69) is 20.9 Å². The number of hydrogen-bond donors (Lipinski definition) is 4. The Morgan fingerprint density at radius 2 is 1.87 bits per heavy atom. The number of aromatic nitrogens is 4. The highest BCUT2D eigenvalue weighted by Gasteiger charge is 2.61. The fraction of sp³-hybridized carbons (Fsp3) is 0.541. The summed E-state index contributed by atoms with van der Waals surface area (Å²) in [5, 5.41) is 31.2. The summed E-state index contributed by atoms with van der Waals surface area (Å²) in [6.07, 6.45) is 9.45. The summed E-state index contributed by atoms with van der Waals surface area (Å²) < 4.78 is 5.34. The third-order valence-electron chi connectivity index (χ3n) is 10.5. The number of carbonyl (C=O) groups is 4. The number of urea groups is 1. The van der Waals surface area contributed by atoms with Gasteiger partial charge in [-0.2, -0.15) is 9.90 Å². The van der Waals surface area contributed by atoms with Gasteiger partial charge in [-0.3, -0.25) is 9.59 Å². The molecule has 1 saturated carbocycles. The van der Waals surface area contributed by atoms with Crippen LogP contribution in [0.4, 0.5) is 4.79 Å². The molecule has 0 spiro atoms. The average molecular weight is 733 g/mol. The molecule has 2 aliphatic heterocycles. The predicted octanol–water partition coefficient (Wildman–Crippen LogP) is 4.80. The topological polar surface area (TPSA) is 181 Å². The van der Waals surface area contributed by atoms with E-state index >= 15 is 0 Å². The molecule has 1 aliphatic carbocycles. The first-order valence-electron chi connectivity index (χ1n) is 17.9. The largest absolute Gasteiger partial charge is 0.497 e. The van der Waals surface area contributed by atoms with Gasteiger partial charge in [-0.1, -0.05) is 45.8 Å². The maximum atomic E-state index is 14.6. The van der Waals surface area contributed by atoms with Crippen LogP contribution in [0.3, 0.4) is 0 Å². The molecule has 3 aliphatic rings. The van der Waals surface area contributed by atoms with E-state index in [0.29, 0.717) is 35.0 Å². The molecule has 15 heteroatoms. The lowest BCUT2D eigenvalue weighted by molar-refractivity contribution is -0.145. The summed E-state index contributed by atoms with van der Waals surface area (Å²) in [5.74, 6) is -1.73. The number of carboxylic acids is 1. The van der Waals surface area contributed by atoms with Crippen molar-refractivity contribution in [3.63, 3.8) is 0 Å². The first kappa shape index (κ1) is 37.0. The van der Waals surface area contributed by atoms with Gasteiger partial charge >= 0.3 is 12.0 Å². The Kier molecular flexibility index (Phi) is 10.7. The number of nitrogens with zero attached hydrogens (tertiary/aromatic N) is 5. The molecule has 0 radical (unpaired) electrons. The molecule has 6 rings (SSSR count). The second-order valence-corrected chi connectivity index (χ2v) is 16.0. The van der Waals surface area contributed by atoms with Gasteiger partial charge in [0.25, 0.3) is 0 Å². The highest BCUT2D eigenvalue weighted by molar-refractivity contribution is 7.13. The maximum Gasteiger partial charge on any atom is 0.330 e. The fourth-order valence-electron chi connectivity index (χ4n) is 6.77. The van der Waals surface area contributed by atoms with E-state index < -0.39 is 47.5 Å². The lowest BCUT2D eigenvalue weighted by Gasteiger charge is -2.31. The molecular formula is C37H48N8O6S. The lowest BCUT2D eigenvalue weighted by atomic mass is 9.88. The smallest absolute Gasteiger partial charge is 0.330 e. The Labute approximate surface area is 307 Å². The minimum absolute atomic E-state index is 0.0759. The van der Waals surface area contributed by atoms with Crippen molar-refractivity contribution in [1.29, 1.82) is 0 Å². The van der Waals surface area contributed by atoms with Crippen LogP contribution in [-0.4, -0.2) is 91.1 Å². The number of fused-ring (bicyclic) bond motifs is 2. The highest BCUT2D eigenvalue weighted by Crippen LogP contribution is 2.46. The van der Waals surface area contributed by atoms with Crippen molar-refractivity contribution in [3.05, 3.63) is 48.0 Å². The van der Waals surface area contributed by atoms with E-state index in [1.807, 2.05) is 69.5 Å². The van der Waals surface area contributed by atoms with Gasteiger partial charge in [-0.05, 0) is 62.3 Å². The summed E-state index contributed by atoms with van der Waals surface area (Å²) >= 11 is 1.42. The zero-order valence-corrected chi connectivity index (χ0v) is 31.1. The summed E-state index contributed by atoms with van der Waals surface area (Å²) in [7, 11) is 1.60. The maximum absolute atomic E-state index is 14.6. The zero-order valence-electron chi connectivity index (χ0n) is 30.3. The molecule has 2 fully saturated rings. The third-order valence-corrected chi connectivity index (χ3v) is 11.3. The molecule has 4 heterocycles. The van der Waals surface area contributed by atoms with E-state index in [-0.39, 0.29) is 36.8 Å². The van der Waals surface area contributed by atoms with E-state index in [0.717, 1.165) is 24.8 Å². The van der Waals surface area contributed by atoms with Gasteiger partial charge in [0, 0.05) is 42.1 Å². The van der Waals surface area contributed by atoms with Crippen LogP contribution < -0.4 is 20.7 Å². The van der Waals surface area contributed by atoms with Gasteiger partial charge in [-0.15, -0.1) is 16.4 Å². The number of rotatable bonds is 7.